The van der Waals surface area contributed by atoms with Crippen molar-refractivity contribution in [3.63, 3.8) is 0 Å². The molecule has 1 saturated heterocycles. The molecular formula is C24H29N3O3. The van der Waals surface area contributed by atoms with Gasteiger partial charge in [-0.15, -0.1) is 0 Å². The molecule has 1 atom stereocenters. The van der Waals surface area contributed by atoms with Crippen molar-refractivity contribution in [2.24, 2.45) is 0 Å². The van der Waals surface area contributed by atoms with Crippen molar-refractivity contribution in [1.82, 2.24) is 9.80 Å². The number of nitrogens with one attached hydrogen (secondary N) is 1. The highest BCUT2D eigenvalue weighted by molar-refractivity contribution is 5.96. The summed E-state index contributed by atoms with van der Waals surface area (Å²) in [7, 11) is 2.18. The Labute approximate surface area is 177 Å². The van der Waals surface area contributed by atoms with Crippen molar-refractivity contribution in [2.75, 3.05) is 45.3 Å². The van der Waals surface area contributed by atoms with Crippen molar-refractivity contribution in [2.45, 2.75) is 32.7 Å². The normalized spacial score (nSPS) is 21.4. The maximum absolute atomic E-state index is 12.5. The number of likely N-dealkylation sites (N-methyl/N-ethyl adjacent to an activating group) is 1. The van der Waals surface area contributed by atoms with Gasteiger partial charge in [0.2, 0.25) is 12.7 Å². The smallest absolute Gasteiger partial charge is 0.231 e. The standard InChI is InChI=1S/C24H29N3O3/c1-15-8-17(13-27-6-4-26(3)5-7-27)16(2)18(9-15)19-11-24(28)25-21-12-23-22(10-20(19)21)29-14-30-23/h8-10,12,19H,4-7,11,13-14H2,1-3H3,(H,25,28). The van der Waals surface area contributed by atoms with Crippen LogP contribution >= 0.6 is 0 Å². The monoisotopic (exact) mass is 407 g/mol. The maximum atomic E-state index is 12.5. The molecule has 1 unspecified atom stereocenters. The van der Waals surface area contributed by atoms with Crippen LogP contribution < -0.4 is 14.8 Å². The molecule has 1 N–H and O–H groups in total. The lowest BCUT2D eigenvalue weighted by Gasteiger charge is -2.33. The summed E-state index contributed by atoms with van der Waals surface area (Å²) in [5.74, 6) is 1.53. The van der Waals surface area contributed by atoms with E-state index >= 15 is 0 Å². The Kier molecular flexibility index (Phi) is 4.91. The van der Waals surface area contributed by atoms with E-state index in [2.05, 4.69) is 48.1 Å². The quantitative estimate of drug-likeness (QED) is 0.847. The molecule has 0 bridgehead atoms. The fraction of sp³-hybridized carbons (Fsp3) is 0.458. The van der Waals surface area contributed by atoms with Gasteiger partial charge in [-0.1, -0.05) is 17.7 Å². The second-order valence-corrected chi connectivity index (χ2v) is 8.82. The van der Waals surface area contributed by atoms with Gasteiger partial charge in [0.1, 0.15) is 0 Å². The first-order valence-electron chi connectivity index (χ1n) is 10.7. The maximum Gasteiger partial charge on any atom is 0.231 e. The van der Waals surface area contributed by atoms with E-state index in [0.29, 0.717) is 12.2 Å². The van der Waals surface area contributed by atoms with Gasteiger partial charge < -0.3 is 19.7 Å². The number of hydrogen-bond donors (Lipinski definition) is 1. The second kappa shape index (κ2) is 7.60. The van der Waals surface area contributed by atoms with E-state index in [1.807, 2.05) is 12.1 Å². The summed E-state index contributed by atoms with van der Waals surface area (Å²) in [6.45, 7) is 9.97. The first-order chi connectivity index (χ1) is 14.5. The number of benzene rings is 2. The lowest BCUT2D eigenvalue weighted by Crippen LogP contribution is -2.44. The number of carbonyl (C=O) groups excluding carboxylic acids is 1. The molecule has 6 heteroatoms. The summed E-state index contributed by atoms with van der Waals surface area (Å²) in [4.78, 5) is 17.5. The van der Waals surface area contributed by atoms with E-state index in [1.54, 1.807) is 0 Å². The lowest BCUT2D eigenvalue weighted by molar-refractivity contribution is -0.116. The van der Waals surface area contributed by atoms with Gasteiger partial charge in [-0.3, -0.25) is 9.69 Å². The third kappa shape index (κ3) is 3.55. The van der Waals surface area contributed by atoms with E-state index < -0.39 is 0 Å². The Morgan fingerprint density at radius 1 is 1.00 bits per heavy atom. The minimum absolute atomic E-state index is 0.0226. The Bertz CT molecular complexity index is 996. The van der Waals surface area contributed by atoms with Crippen LogP contribution in [0.3, 0.4) is 0 Å². The molecule has 0 radical (unpaired) electrons. The van der Waals surface area contributed by atoms with Crippen molar-refractivity contribution in [1.29, 1.82) is 0 Å². The summed E-state index contributed by atoms with van der Waals surface area (Å²) < 4.78 is 11.1. The van der Waals surface area contributed by atoms with Crippen LogP contribution in [0.1, 0.15) is 40.2 Å². The van der Waals surface area contributed by atoms with Crippen LogP contribution in [0.15, 0.2) is 24.3 Å². The number of anilines is 1. The average molecular weight is 408 g/mol. The largest absolute Gasteiger partial charge is 0.454 e. The van der Waals surface area contributed by atoms with Gasteiger partial charge in [0.15, 0.2) is 11.5 Å². The summed E-state index contributed by atoms with van der Waals surface area (Å²) in [6, 6.07) is 8.50. The number of carbonyl (C=O) groups is 1. The fourth-order valence-corrected chi connectivity index (χ4v) is 4.87. The van der Waals surface area contributed by atoms with Crippen LogP contribution in [0.25, 0.3) is 0 Å². The summed E-state index contributed by atoms with van der Waals surface area (Å²) >= 11 is 0. The molecule has 3 aliphatic heterocycles. The summed E-state index contributed by atoms with van der Waals surface area (Å²) in [5.41, 5.74) is 7.09. The SMILES string of the molecule is Cc1cc(CN2CCN(C)CC2)c(C)c(C2CC(=O)Nc3cc4c(cc32)OCO4)c1. The third-order valence-electron chi connectivity index (χ3n) is 6.65. The van der Waals surface area contributed by atoms with Gasteiger partial charge in [-0.2, -0.15) is 0 Å². The first-order valence-corrected chi connectivity index (χ1v) is 10.7. The molecule has 2 aromatic rings. The molecule has 3 heterocycles. The van der Waals surface area contributed by atoms with E-state index in [1.165, 1.54) is 22.3 Å². The van der Waals surface area contributed by atoms with Crippen molar-refractivity contribution >= 4 is 11.6 Å². The van der Waals surface area contributed by atoms with Crippen LogP contribution in [0.2, 0.25) is 0 Å². The molecule has 2 aromatic carbocycles. The van der Waals surface area contributed by atoms with E-state index in [9.17, 15) is 4.79 Å². The molecule has 0 aliphatic carbocycles. The third-order valence-corrected chi connectivity index (χ3v) is 6.65. The molecule has 5 rings (SSSR count). The van der Waals surface area contributed by atoms with Crippen LogP contribution in [-0.4, -0.2) is 55.7 Å². The van der Waals surface area contributed by atoms with Gasteiger partial charge in [-0.05, 0) is 49.2 Å². The molecule has 30 heavy (non-hydrogen) atoms. The molecule has 0 spiro atoms. The number of ether oxygens (including phenoxy) is 2. The average Bonchev–Trinajstić information content (AvgIpc) is 3.17. The van der Waals surface area contributed by atoms with Gasteiger partial charge >= 0.3 is 0 Å². The molecule has 1 amide bonds. The molecule has 1 fully saturated rings. The highest BCUT2D eigenvalue weighted by atomic mass is 16.7. The number of piperazine rings is 1. The number of hydrogen-bond acceptors (Lipinski definition) is 5. The number of rotatable bonds is 3. The predicted molar refractivity (Wildman–Crippen MR) is 116 cm³/mol. The van der Waals surface area contributed by atoms with Gasteiger partial charge in [-0.25, -0.2) is 0 Å². The van der Waals surface area contributed by atoms with Gasteiger partial charge in [0.05, 0.1) is 0 Å². The zero-order chi connectivity index (χ0) is 20.8. The van der Waals surface area contributed by atoms with Crippen LogP contribution in [0, 0.1) is 13.8 Å². The molecule has 0 aromatic heterocycles. The molecule has 158 valence electrons. The fourth-order valence-electron chi connectivity index (χ4n) is 4.87. The minimum Gasteiger partial charge on any atom is -0.454 e. The van der Waals surface area contributed by atoms with Crippen molar-refractivity contribution < 1.29 is 14.3 Å². The molecule has 0 saturated carbocycles. The summed E-state index contributed by atoms with van der Waals surface area (Å²) in [6.07, 6.45) is 0.449. The Hall–Kier alpha value is -2.57. The Morgan fingerprint density at radius 3 is 2.50 bits per heavy atom. The minimum atomic E-state index is 0.0226. The zero-order valence-corrected chi connectivity index (χ0v) is 18.0. The number of nitrogens with zero attached hydrogens (tertiary/aromatic N) is 2. The van der Waals surface area contributed by atoms with Crippen molar-refractivity contribution in [3.8, 4) is 11.5 Å². The molecule has 6 nitrogen and oxygen atoms in total. The Morgan fingerprint density at radius 2 is 1.73 bits per heavy atom. The van der Waals surface area contributed by atoms with Crippen molar-refractivity contribution in [3.05, 3.63) is 52.1 Å². The number of amides is 1. The van der Waals surface area contributed by atoms with Crippen LogP contribution in [-0.2, 0) is 11.3 Å². The number of aryl methyl sites for hydroxylation is 1. The first kappa shape index (κ1) is 19.4. The molecule has 3 aliphatic rings. The topological polar surface area (TPSA) is 54.0 Å². The highest BCUT2D eigenvalue weighted by Gasteiger charge is 2.31. The van der Waals surface area contributed by atoms with Crippen LogP contribution in [0.5, 0.6) is 11.5 Å². The van der Waals surface area contributed by atoms with Gasteiger partial charge in [0, 0.05) is 56.8 Å². The van der Waals surface area contributed by atoms with E-state index in [4.69, 9.17) is 9.47 Å². The second-order valence-electron chi connectivity index (χ2n) is 8.82. The number of fused-ring (bicyclic) bond motifs is 2. The summed E-state index contributed by atoms with van der Waals surface area (Å²) in [5, 5.41) is 3.02. The van der Waals surface area contributed by atoms with Gasteiger partial charge in [0.25, 0.3) is 0 Å². The zero-order valence-electron chi connectivity index (χ0n) is 18.0. The highest BCUT2D eigenvalue weighted by Crippen LogP contribution is 2.45. The van der Waals surface area contributed by atoms with E-state index in [0.717, 1.165) is 49.7 Å². The molecular weight excluding hydrogens is 378 g/mol. The van der Waals surface area contributed by atoms with Crippen LogP contribution in [0.4, 0.5) is 5.69 Å². The van der Waals surface area contributed by atoms with E-state index in [-0.39, 0.29) is 18.6 Å². The Balaban J connectivity index is 1.51. The predicted octanol–water partition coefficient (Wildman–Crippen LogP) is 3.25. The lowest BCUT2D eigenvalue weighted by atomic mass is 9.80.